The quantitative estimate of drug-likeness (QED) is 0.872. The number of likely N-dealkylation sites (tertiary alicyclic amines) is 1. The highest BCUT2D eigenvalue weighted by atomic mass is 19.1. The van der Waals surface area contributed by atoms with Crippen molar-refractivity contribution < 1.29 is 9.18 Å². The largest absolute Gasteiger partial charge is 0.339 e. The summed E-state index contributed by atoms with van der Waals surface area (Å²) >= 11 is 0. The fraction of sp³-hybridized carbons (Fsp3) is 0.682. The highest BCUT2D eigenvalue weighted by Crippen LogP contribution is 2.37. The van der Waals surface area contributed by atoms with E-state index in [1.54, 1.807) is 12.1 Å². The molecule has 1 N–H and O–H groups in total. The van der Waals surface area contributed by atoms with Gasteiger partial charge in [0.2, 0.25) is 5.91 Å². The van der Waals surface area contributed by atoms with Crippen LogP contribution in [0, 0.1) is 11.7 Å². The molecule has 2 aliphatic heterocycles. The van der Waals surface area contributed by atoms with Crippen LogP contribution in [0.3, 0.4) is 0 Å². The second kappa shape index (κ2) is 8.17. The molecular formula is C22H32FN3O. The summed E-state index contributed by atoms with van der Waals surface area (Å²) in [5, 5.41) is 3.03. The zero-order chi connectivity index (χ0) is 18.7. The minimum Gasteiger partial charge on any atom is -0.339 e. The SMILES string of the molecule is O=C1NCN(c2ccc(F)cc2)C12CCN(CC1CCCCCCC1)CC2. The average Bonchev–Trinajstić information content (AvgIpc) is 2.96. The lowest BCUT2D eigenvalue weighted by molar-refractivity contribution is -0.125. The summed E-state index contributed by atoms with van der Waals surface area (Å²) in [6, 6.07) is 6.54. The average molecular weight is 374 g/mol. The Morgan fingerprint density at radius 2 is 1.63 bits per heavy atom. The molecule has 0 aromatic heterocycles. The second-order valence-electron chi connectivity index (χ2n) is 8.61. The summed E-state index contributed by atoms with van der Waals surface area (Å²) in [6.07, 6.45) is 11.4. The predicted octanol–water partition coefficient (Wildman–Crippen LogP) is 3.91. The van der Waals surface area contributed by atoms with Crippen LogP contribution in [0.1, 0.15) is 57.8 Å². The number of carbonyl (C=O) groups excluding carboxylic acids is 1. The van der Waals surface area contributed by atoms with Crippen LogP contribution in [-0.4, -0.2) is 42.6 Å². The standard InChI is InChI=1S/C22H32FN3O/c23-19-8-10-20(11-9-19)26-17-24-21(27)22(26)12-14-25(15-13-22)16-18-6-4-2-1-3-5-7-18/h8-11,18H,1-7,12-17H2,(H,24,27). The Bertz CT molecular complexity index is 631. The molecule has 3 fully saturated rings. The van der Waals surface area contributed by atoms with Crippen LogP contribution in [0.25, 0.3) is 0 Å². The third-order valence-corrected chi connectivity index (χ3v) is 6.90. The molecule has 1 aromatic carbocycles. The lowest BCUT2D eigenvalue weighted by atomic mass is 9.84. The van der Waals surface area contributed by atoms with E-state index < -0.39 is 5.54 Å². The van der Waals surface area contributed by atoms with Crippen molar-refractivity contribution in [1.82, 2.24) is 10.2 Å². The summed E-state index contributed by atoms with van der Waals surface area (Å²) in [7, 11) is 0. The van der Waals surface area contributed by atoms with E-state index >= 15 is 0 Å². The van der Waals surface area contributed by atoms with Crippen LogP contribution < -0.4 is 10.2 Å². The molecule has 0 unspecified atom stereocenters. The zero-order valence-corrected chi connectivity index (χ0v) is 16.3. The Morgan fingerprint density at radius 3 is 2.30 bits per heavy atom. The minimum atomic E-state index is -0.463. The number of amides is 1. The highest BCUT2D eigenvalue weighted by Gasteiger charge is 2.50. The topological polar surface area (TPSA) is 35.6 Å². The molecule has 4 nitrogen and oxygen atoms in total. The van der Waals surface area contributed by atoms with Gasteiger partial charge in [0.25, 0.3) is 0 Å². The van der Waals surface area contributed by atoms with E-state index in [9.17, 15) is 9.18 Å². The van der Waals surface area contributed by atoms with Crippen molar-refractivity contribution in [3.63, 3.8) is 0 Å². The number of carbonyl (C=O) groups is 1. The lowest BCUT2D eigenvalue weighted by Crippen LogP contribution is -2.56. The van der Waals surface area contributed by atoms with Crippen molar-refractivity contribution >= 4 is 11.6 Å². The number of nitrogens with one attached hydrogen (secondary N) is 1. The van der Waals surface area contributed by atoms with E-state index in [-0.39, 0.29) is 11.7 Å². The Morgan fingerprint density at radius 1 is 1.00 bits per heavy atom. The molecular weight excluding hydrogens is 341 g/mol. The first-order valence-electron chi connectivity index (χ1n) is 10.7. The number of anilines is 1. The van der Waals surface area contributed by atoms with Gasteiger partial charge in [-0.05, 0) is 55.9 Å². The molecule has 1 aliphatic carbocycles. The summed E-state index contributed by atoms with van der Waals surface area (Å²) < 4.78 is 13.3. The van der Waals surface area contributed by atoms with Crippen molar-refractivity contribution in [1.29, 1.82) is 0 Å². The Balaban J connectivity index is 1.39. The maximum atomic E-state index is 13.3. The van der Waals surface area contributed by atoms with Gasteiger partial charge in [0.1, 0.15) is 11.4 Å². The van der Waals surface area contributed by atoms with Crippen molar-refractivity contribution in [2.24, 2.45) is 5.92 Å². The smallest absolute Gasteiger partial charge is 0.247 e. The van der Waals surface area contributed by atoms with E-state index in [2.05, 4.69) is 15.1 Å². The van der Waals surface area contributed by atoms with Gasteiger partial charge in [0.05, 0.1) is 6.67 Å². The molecule has 148 valence electrons. The first-order valence-corrected chi connectivity index (χ1v) is 10.7. The van der Waals surface area contributed by atoms with Crippen molar-refractivity contribution in [3.05, 3.63) is 30.1 Å². The molecule has 1 aromatic rings. The molecule has 0 bridgehead atoms. The normalized spacial score (nSPS) is 24.6. The lowest BCUT2D eigenvalue weighted by Gasteiger charge is -2.44. The third kappa shape index (κ3) is 3.98. The van der Waals surface area contributed by atoms with Gasteiger partial charge < -0.3 is 15.1 Å². The Hall–Kier alpha value is -1.62. The van der Waals surface area contributed by atoms with E-state index in [0.717, 1.165) is 37.5 Å². The van der Waals surface area contributed by atoms with Gasteiger partial charge >= 0.3 is 0 Å². The fourth-order valence-electron chi connectivity index (χ4n) is 5.24. The number of rotatable bonds is 3. The first-order chi connectivity index (χ1) is 13.2. The van der Waals surface area contributed by atoms with Gasteiger partial charge in [-0.2, -0.15) is 0 Å². The van der Waals surface area contributed by atoms with E-state index in [4.69, 9.17) is 0 Å². The molecule has 3 aliphatic rings. The van der Waals surface area contributed by atoms with Gasteiger partial charge in [0.15, 0.2) is 0 Å². The second-order valence-corrected chi connectivity index (χ2v) is 8.61. The van der Waals surface area contributed by atoms with Crippen LogP contribution in [0.4, 0.5) is 10.1 Å². The monoisotopic (exact) mass is 373 g/mol. The van der Waals surface area contributed by atoms with Crippen LogP contribution in [-0.2, 0) is 4.79 Å². The summed E-state index contributed by atoms with van der Waals surface area (Å²) in [5.41, 5.74) is 0.471. The molecule has 27 heavy (non-hydrogen) atoms. The van der Waals surface area contributed by atoms with Crippen LogP contribution >= 0.6 is 0 Å². The van der Waals surface area contributed by atoms with E-state index in [1.165, 1.54) is 63.6 Å². The summed E-state index contributed by atoms with van der Waals surface area (Å²) in [4.78, 5) is 17.5. The molecule has 2 saturated heterocycles. The van der Waals surface area contributed by atoms with Gasteiger partial charge in [0, 0.05) is 25.3 Å². The van der Waals surface area contributed by atoms with Crippen LogP contribution in [0.15, 0.2) is 24.3 Å². The molecule has 5 heteroatoms. The van der Waals surface area contributed by atoms with Gasteiger partial charge in [-0.15, -0.1) is 0 Å². The number of halogens is 1. The summed E-state index contributed by atoms with van der Waals surface area (Å²) in [6.45, 7) is 3.66. The zero-order valence-electron chi connectivity index (χ0n) is 16.3. The molecule has 2 heterocycles. The number of hydrogen-bond acceptors (Lipinski definition) is 3. The Labute approximate surface area is 162 Å². The number of benzene rings is 1. The van der Waals surface area contributed by atoms with Crippen molar-refractivity contribution in [2.75, 3.05) is 31.2 Å². The van der Waals surface area contributed by atoms with Crippen LogP contribution in [0.5, 0.6) is 0 Å². The number of hydrogen-bond donors (Lipinski definition) is 1. The fourth-order valence-corrected chi connectivity index (χ4v) is 5.24. The first kappa shape index (κ1) is 18.7. The molecule has 1 saturated carbocycles. The third-order valence-electron chi connectivity index (χ3n) is 6.90. The van der Waals surface area contributed by atoms with Crippen molar-refractivity contribution in [2.45, 2.75) is 63.3 Å². The molecule has 0 radical (unpaired) electrons. The van der Waals surface area contributed by atoms with Crippen LogP contribution in [0.2, 0.25) is 0 Å². The number of nitrogens with zero attached hydrogens (tertiary/aromatic N) is 2. The minimum absolute atomic E-state index is 0.137. The van der Waals surface area contributed by atoms with Gasteiger partial charge in [-0.25, -0.2) is 4.39 Å². The summed E-state index contributed by atoms with van der Waals surface area (Å²) in [5.74, 6) is 0.725. The molecule has 0 atom stereocenters. The van der Waals surface area contributed by atoms with E-state index in [1.807, 2.05) is 0 Å². The van der Waals surface area contributed by atoms with Gasteiger partial charge in [-0.3, -0.25) is 4.79 Å². The predicted molar refractivity (Wildman–Crippen MR) is 106 cm³/mol. The number of piperidine rings is 1. The highest BCUT2D eigenvalue weighted by molar-refractivity contribution is 5.93. The maximum Gasteiger partial charge on any atom is 0.247 e. The van der Waals surface area contributed by atoms with Gasteiger partial charge in [-0.1, -0.05) is 32.1 Å². The molecule has 4 rings (SSSR count). The van der Waals surface area contributed by atoms with Crippen molar-refractivity contribution in [3.8, 4) is 0 Å². The Kier molecular flexibility index (Phi) is 5.67. The molecule has 1 spiro atoms. The molecule has 1 amide bonds. The van der Waals surface area contributed by atoms with E-state index in [0.29, 0.717) is 6.67 Å². The maximum absolute atomic E-state index is 13.3.